The van der Waals surface area contributed by atoms with Gasteiger partial charge in [0.25, 0.3) is 5.91 Å². The van der Waals surface area contributed by atoms with Gasteiger partial charge in [-0.05, 0) is 42.9 Å². The molecule has 1 saturated carbocycles. The number of anilines is 1. The Kier molecular flexibility index (Phi) is 4.08. The lowest BCUT2D eigenvalue weighted by molar-refractivity contribution is -0.132. The largest absolute Gasteiger partial charge is 0.483 e. The summed E-state index contributed by atoms with van der Waals surface area (Å²) in [6.07, 6.45) is 3.91. The number of thiazole rings is 1. The third-order valence-electron chi connectivity index (χ3n) is 5.92. The Labute approximate surface area is 165 Å². The van der Waals surface area contributed by atoms with E-state index in [1.807, 2.05) is 0 Å². The third kappa shape index (κ3) is 2.60. The molecule has 28 heavy (non-hydrogen) atoms. The van der Waals surface area contributed by atoms with E-state index in [9.17, 15) is 14.0 Å². The highest BCUT2D eigenvalue weighted by Crippen LogP contribution is 2.49. The van der Waals surface area contributed by atoms with Gasteiger partial charge in [0.1, 0.15) is 11.9 Å². The molecule has 5 nitrogen and oxygen atoms in total. The summed E-state index contributed by atoms with van der Waals surface area (Å²) in [4.78, 5) is 32.5. The summed E-state index contributed by atoms with van der Waals surface area (Å²) in [7, 11) is 0. The van der Waals surface area contributed by atoms with Gasteiger partial charge in [-0.15, -0.1) is 11.3 Å². The number of rotatable bonds is 2. The first-order valence-electron chi connectivity index (χ1n) is 9.48. The van der Waals surface area contributed by atoms with Crippen LogP contribution in [0.4, 0.5) is 9.52 Å². The maximum atomic E-state index is 13.5. The molecule has 0 spiro atoms. The minimum atomic E-state index is -0.639. The smallest absolute Gasteiger partial charge is 0.296 e. The number of fused-ring (bicyclic) bond motifs is 1. The van der Waals surface area contributed by atoms with Crippen molar-refractivity contribution in [1.29, 1.82) is 0 Å². The van der Waals surface area contributed by atoms with Gasteiger partial charge in [0.05, 0.1) is 17.5 Å². The molecule has 3 heterocycles. The van der Waals surface area contributed by atoms with Crippen LogP contribution in [0.3, 0.4) is 0 Å². The highest BCUT2D eigenvalue weighted by molar-refractivity contribution is 7.13. The zero-order valence-electron chi connectivity index (χ0n) is 15.3. The Morgan fingerprint density at radius 2 is 2.00 bits per heavy atom. The zero-order valence-corrected chi connectivity index (χ0v) is 16.1. The van der Waals surface area contributed by atoms with Gasteiger partial charge >= 0.3 is 0 Å². The first-order valence-corrected chi connectivity index (χ1v) is 10.4. The lowest BCUT2D eigenvalue weighted by Crippen LogP contribution is -2.41. The molecule has 1 aromatic carbocycles. The Balaban J connectivity index is 1.64. The first kappa shape index (κ1) is 17.6. The van der Waals surface area contributed by atoms with Crippen LogP contribution in [0.2, 0.25) is 0 Å². The second kappa shape index (κ2) is 6.51. The van der Waals surface area contributed by atoms with E-state index in [4.69, 9.17) is 4.74 Å². The van der Waals surface area contributed by atoms with Gasteiger partial charge in [-0.1, -0.05) is 19.1 Å². The van der Waals surface area contributed by atoms with Crippen LogP contribution in [0, 0.1) is 17.7 Å². The predicted octanol–water partition coefficient (Wildman–Crippen LogP) is 4.03. The Bertz CT molecular complexity index is 970. The van der Waals surface area contributed by atoms with Gasteiger partial charge in [-0.25, -0.2) is 9.37 Å². The molecule has 4 atom stereocenters. The van der Waals surface area contributed by atoms with Crippen molar-refractivity contribution in [3.63, 3.8) is 0 Å². The molecule has 0 N–H and O–H groups in total. The topological polar surface area (TPSA) is 59.5 Å². The fraction of sp³-hybridized carbons (Fsp3) is 0.381. The van der Waals surface area contributed by atoms with Gasteiger partial charge in [0.15, 0.2) is 16.7 Å². The standard InChI is InChI=1S/C21H19FN2O3S/c1-11-2-7-15-14(10-11)18(25)16-17(12-3-5-13(22)6-4-12)24(20(26)19(16)27-15)21-23-8-9-28-21/h3-6,8-9,11,14-15,17H,2,7,10H2,1H3. The maximum absolute atomic E-state index is 13.5. The molecule has 5 rings (SSSR count). The van der Waals surface area contributed by atoms with Gasteiger partial charge in [0, 0.05) is 11.6 Å². The van der Waals surface area contributed by atoms with Gasteiger partial charge in [-0.2, -0.15) is 0 Å². The normalized spacial score (nSPS) is 29.6. The summed E-state index contributed by atoms with van der Waals surface area (Å²) < 4.78 is 19.6. The quantitative estimate of drug-likeness (QED) is 0.766. The van der Waals surface area contributed by atoms with Gasteiger partial charge < -0.3 is 4.74 Å². The minimum Gasteiger partial charge on any atom is -0.483 e. The maximum Gasteiger partial charge on any atom is 0.296 e. The molecule has 0 bridgehead atoms. The molecular weight excluding hydrogens is 379 g/mol. The Morgan fingerprint density at radius 1 is 1.21 bits per heavy atom. The van der Waals surface area contributed by atoms with Crippen molar-refractivity contribution < 1.29 is 18.7 Å². The van der Waals surface area contributed by atoms with Crippen LogP contribution in [0.5, 0.6) is 0 Å². The highest BCUT2D eigenvalue weighted by Gasteiger charge is 2.53. The molecule has 0 radical (unpaired) electrons. The number of hydrogen-bond donors (Lipinski definition) is 0. The number of carbonyl (C=O) groups is 2. The fourth-order valence-electron chi connectivity index (χ4n) is 4.57. The predicted molar refractivity (Wildman–Crippen MR) is 102 cm³/mol. The summed E-state index contributed by atoms with van der Waals surface area (Å²) >= 11 is 1.32. The van der Waals surface area contributed by atoms with E-state index in [-0.39, 0.29) is 35.3 Å². The van der Waals surface area contributed by atoms with Crippen LogP contribution < -0.4 is 4.90 Å². The molecule has 1 fully saturated rings. The van der Waals surface area contributed by atoms with Gasteiger partial charge in [-0.3, -0.25) is 14.5 Å². The lowest BCUT2D eigenvalue weighted by Gasteiger charge is -2.37. The van der Waals surface area contributed by atoms with Crippen LogP contribution in [-0.2, 0) is 14.3 Å². The molecule has 1 aromatic heterocycles. The monoisotopic (exact) mass is 398 g/mol. The van der Waals surface area contributed by atoms with Crippen LogP contribution in [0.25, 0.3) is 0 Å². The van der Waals surface area contributed by atoms with Crippen LogP contribution >= 0.6 is 11.3 Å². The molecule has 7 heteroatoms. The van der Waals surface area contributed by atoms with Gasteiger partial charge in [0.2, 0.25) is 0 Å². The van der Waals surface area contributed by atoms with E-state index in [0.717, 1.165) is 19.3 Å². The van der Waals surface area contributed by atoms with Crippen molar-refractivity contribution >= 4 is 28.2 Å². The van der Waals surface area contributed by atoms with E-state index in [0.29, 0.717) is 22.2 Å². The first-order chi connectivity index (χ1) is 13.5. The third-order valence-corrected chi connectivity index (χ3v) is 6.69. The van der Waals surface area contributed by atoms with Crippen LogP contribution in [0.15, 0.2) is 47.2 Å². The van der Waals surface area contributed by atoms with E-state index in [1.165, 1.54) is 28.4 Å². The Hall–Kier alpha value is -2.54. The number of ether oxygens (including phenoxy) is 1. The summed E-state index contributed by atoms with van der Waals surface area (Å²) in [5.74, 6) is -0.355. The van der Waals surface area contributed by atoms with E-state index in [2.05, 4.69) is 11.9 Å². The van der Waals surface area contributed by atoms with Crippen molar-refractivity contribution in [1.82, 2.24) is 4.98 Å². The molecule has 3 aliphatic rings. The number of ketones is 1. The number of Topliss-reactive ketones (excluding diaryl/α,β-unsaturated/α-hetero) is 1. The number of carbonyl (C=O) groups excluding carboxylic acids is 2. The molecule has 2 aliphatic heterocycles. The summed E-state index contributed by atoms with van der Waals surface area (Å²) in [5, 5.41) is 2.28. The molecule has 1 amide bonds. The SMILES string of the molecule is CC1CCC2OC3=C(C(=O)C2C1)C(c1ccc(F)cc1)N(c1nccs1)C3=O. The zero-order chi connectivity index (χ0) is 19.4. The van der Waals surface area contributed by atoms with E-state index >= 15 is 0 Å². The number of aromatic nitrogens is 1. The number of hydrogen-bond acceptors (Lipinski definition) is 5. The molecule has 144 valence electrons. The second-order valence-corrected chi connectivity index (χ2v) is 8.61. The average Bonchev–Trinajstić information content (AvgIpc) is 3.30. The van der Waals surface area contributed by atoms with E-state index in [1.54, 1.807) is 23.7 Å². The Morgan fingerprint density at radius 3 is 2.71 bits per heavy atom. The molecular formula is C21H19FN2O3S. The summed E-state index contributed by atoms with van der Waals surface area (Å²) in [6, 6.07) is 5.29. The fourth-order valence-corrected chi connectivity index (χ4v) is 5.24. The lowest BCUT2D eigenvalue weighted by atomic mass is 9.74. The molecule has 2 aromatic rings. The minimum absolute atomic E-state index is 0.0143. The van der Waals surface area contributed by atoms with Crippen LogP contribution in [0.1, 0.15) is 37.8 Å². The van der Waals surface area contributed by atoms with Crippen molar-refractivity contribution in [3.05, 3.63) is 58.6 Å². The number of benzene rings is 1. The molecule has 1 aliphatic carbocycles. The molecule has 0 saturated heterocycles. The van der Waals surface area contributed by atoms with Crippen LogP contribution in [-0.4, -0.2) is 22.8 Å². The summed E-state index contributed by atoms with van der Waals surface area (Å²) in [5.41, 5.74) is 1.07. The second-order valence-electron chi connectivity index (χ2n) is 7.73. The summed E-state index contributed by atoms with van der Waals surface area (Å²) in [6.45, 7) is 2.15. The number of amides is 1. The number of nitrogens with zero attached hydrogens (tertiary/aromatic N) is 2. The highest BCUT2D eigenvalue weighted by atomic mass is 32.1. The van der Waals surface area contributed by atoms with Crippen molar-refractivity contribution in [2.45, 2.75) is 38.3 Å². The van der Waals surface area contributed by atoms with Crippen molar-refractivity contribution in [2.75, 3.05) is 4.90 Å². The van der Waals surface area contributed by atoms with E-state index < -0.39 is 6.04 Å². The van der Waals surface area contributed by atoms with Crippen molar-refractivity contribution in [2.24, 2.45) is 11.8 Å². The van der Waals surface area contributed by atoms with Crippen molar-refractivity contribution in [3.8, 4) is 0 Å². The molecule has 4 unspecified atom stereocenters. The average molecular weight is 398 g/mol. The number of halogens is 1.